The molecular weight excluding hydrogens is 260 g/mol. The second-order valence-electron chi connectivity index (χ2n) is 6.21. The minimum Gasteiger partial charge on any atom is -0.391 e. The van der Waals surface area contributed by atoms with Crippen LogP contribution in [0.3, 0.4) is 0 Å². The molecule has 0 radical (unpaired) electrons. The van der Waals surface area contributed by atoms with Gasteiger partial charge in [-0.2, -0.15) is 0 Å². The van der Waals surface area contributed by atoms with Crippen LogP contribution in [0.15, 0.2) is 5.51 Å². The van der Waals surface area contributed by atoms with E-state index < -0.39 is 6.10 Å². The first-order valence-electron chi connectivity index (χ1n) is 6.82. The van der Waals surface area contributed by atoms with E-state index >= 15 is 0 Å². The SMILES string of the molecule is CC(C)(C)c1ncsc1C(=O)NC1CCCCC1O. The van der Waals surface area contributed by atoms with E-state index in [-0.39, 0.29) is 17.4 Å². The van der Waals surface area contributed by atoms with Crippen LogP contribution in [0, 0.1) is 0 Å². The summed E-state index contributed by atoms with van der Waals surface area (Å²) in [6.45, 7) is 6.15. The van der Waals surface area contributed by atoms with Crippen LogP contribution >= 0.6 is 11.3 Å². The summed E-state index contributed by atoms with van der Waals surface area (Å²) in [7, 11) is 0. The zero-order valence-corrected chi connectivity index (χ0v) is 12.6. The number of amides is 1. The van der Waals surface area contributed by atoms with E-state index in [4.69, 9.17) is 0 Å². The Morgan fingerprint density at radius 3 is 2.74 bits per heavy atom. The molecule has 4 nitrogen and oxygen atoms in total. The molecule has 2 rings (SSSR count). The summed E-state index contributed by atoms with van der Waals surface area (Å²) in [6.07, 6.45) is 3.33. The third-order valence-electron chi connectivity index (χ3n) is 3.53. The Hall–Kier alpha value is -0.940. The van der Waals surface area contributed by atoms with Crippen molar-refractivity contribution < 1.29 is 9.90 Å². The van der Waals surface area contributed by atoms with Crippen molar-refractivity contribution in [2.45, 2.75) is 64.0 Å². The minimum absolute atomic E-state index is 0.0987. The summed E-state index contributed by atoms with van der Waals surface area (Å²) in [5.74, 6) is -0.0987. The van der Waals surface area contributed by atoms with E-state index in [2.05, 4.69) is 10.3 Å². The number of carbonyl (C=O) groups excluding carboxylic acids is 1. The Labute approximate surface area is 118 Å². The number of aromatic nitrogens is 1. The Morgan fingerprint density at radius 2 is 2.11 bits per heavy atom. The van der Waals surface area contributed by atoms with Crippen LogP contribution in [0.2, 0.25) is 0 Å². The molecule has 0 saturated heterocycles. The van der Waals surface area contributed by atoms with E-state index in [0.717, 1.165) is 31.4 Å². The van der Waals surface area contributed by atoms with Gasteiger partial charge >= 0.3 is 0 Å². The summed E-state index contributed by atoms with van der Waals surface area (Å²) in [6, 6.07) is -0.115. The van der Waals surface area contributed by atoms with E-state index in [1.165, 1.54) is 11.3 Å². The summed E-state index contributed by atoms with van der Waals surface area (Å²) >= 11 is 1.37. The zero-order valence-electron chi connectivity index (χ0n) is 11.8. The highest BCUT2D eigenvalue weighted by Crippen LogP contribution is 2.27. The van der Waals surface area contributed by atoms with Gasteiger partial charge in [0, 0.05) is 5.41 Å². The van der Waals surface area contributed by atoms with Crippen molar-refractivity contribution in [3.63, 3.8) is 0 Å². The maximum atomic E-state index is 12.3. The lowest BCUT2D eigenvalue weighted by atomic mass is 9.90. The van der Waals surface area contributed by atoms with Gasteiger partial charge in [0.2, 0.25) is 0 Å². The lowest BCUT2D eigenvalue weighted by Crippen LogP contribution is -2.45. The quantitative estimate of drug-likeness (QED) is 0.876. The van der Waals surface area contributed by atoms with Gasteiger partial charge in [-0.1, -0.05) is 33.6 Å². The first-order valence-corrected chi connectivity index (χ1v) is 7.70. The predicted octanol–water partition coefficient (Wildman–Crippen LogP) is 2.47. The van der Waals surface area contributed by atoms with E-state index in [1.54, 1.807) is 5.51 Å². The highest BCUT2D eigenvalue weighted by molar-refractivity contribution is 7.11. The van der Waals surface area contributed by atoms with Crippen LogP contribution in [0.5, 0.6) is 0 Å². The van der Waals surface area contributed by atoms with Gasteiger partial charge in [0.1, 0.15) is 4.88 Å². The molecule has 0 bridgehead atoms. The molecule has 1 aliphatic rings. The van der Waals surface area contributed by atoms with Crippen molar-refractivity contribution in [2.24, 2.45) is 0 Å². The first kappa shape index (κ1) is 14.5. The van der Waals surface area contributed by atoms with Crippen molar-refractivity contribution >= 4 is 17.2 Å². The number of hydrogen-bond donors (Lipinski definition) is 2. The summed E-state index contributed by atoms with van der Waals surface area (Å²) in [4.78, 5) is 17.3. The third kappa shape index (κ3) is 3.34. The molecule has 2 N–H and O–H groups in total. The van der Waals surface area contributed by atoms with Crippen molar-refractivity contribution in [3.8, 4) is 0 Å². The van der Waals surface area contributed by atoms with Gasteiger partial charge in [0.25, 0.3) is 5.91 Å². The van der Waals surface area contributed by atoms with Gasteiger partial charge in [-0.15, -0.1) is 11.3 Å². The van der Waals surface area contributed by atoms with Gasteiger partial charge in [-0.3, -0.25) is 4.79 Å². The highest BCUT2D eigenvalue weighted by Gasteiger charge is 2.29. The minimum atomic E-state index is -0.413. The normalized spacial score (nSPS) is 24.2. The number of hydrogen-bond acceptors (Lipinski definition) is 4. The fraction of sp³-hybridized carbons (Fsp3) is 0.714. The second-order valence-corrected chi connectivity index (χ2v) is 7.07. The topological polar surface area (TPSA) is 62.2 Å². The van der Waals surface area contributed by atoms with Crippen LogP contribution in [0.4, 0.5) is 0 Å². The first-order chi connectivity index (χ1) is 8.89. The standard InChI is InChI=1S/C14H22N2O2S/c1-14(2,3)12-11(19-8-15-12)13(18)16-9-6-4-5-7-10(9)17/h8-10,17H,4-7H2,1-3H3,(H,16,18). The number of nitrogens with zero attached hydrogens (tertiary/aromatic N) is 1. The molecule has 1 fully saturated rings. The van der Waals surface area contributed by atoms with Crippen LogP contribution in [-0.2, 0) is 5.41 Å². The predicted molar refractivity (Wildman–Crippen MR) is 76.5 cm³/mol. The van der Waals surface area contributed by atoms with Gasteiger partial charge in [-0.25, -0.2) is 4.98 Å². The van der Waals surface area contributed by atoms with E-state index in [9.17, 15) is 9.90 Å². The Kier molecular flexibility index (Phi) is 4.26. The number of nitrogens with one attached hydrogen (secondary N) is 1. The van der Waals surface area contributed by atoms with Crippen molar-refractivity contribution in [1.82, 2.24) is 10.3 Å². The molecule has 1 aliphatic carbocycles. The summed E-state index contributed by atoms with van der Waals surface area (Å²) in [5.41, 5.74) is 2.41. The molecule has 0 aromatic carbocycles. The Balaban J connectivity index is 2.10. The van der Waals surface area contributed by atoms with Gasteiger partial charge in [0.15, 0.2) is 0 Å². The molecule has 1 amide bonds. The summed E-state index contributed by atoms with van der Waals surface area (Å²) < 4.78 is 0. The van der Waals surface area contributed by atoms with Crippen molar-refractivity contribution in [2.75, 3.05) is 0 Å². The third-order valence-corrected chi connectivity index (χ3v) is 4.36. The molecule has 5 heteroatoms. The van der Waals surface area contributed by atoms with Crippen LogP contribution in [0.25, 0.3) is 0 Å². The zero-order chi connectivity index (χ0) is 14.0. The van der Waals surface area contributed by atoms with Crippen LogP contribution < -0.4 is 5.32 Å². The molecule has 19 heavy (non-hydrogen) atoms. The number of aliphatic hydroxyl groups excluding tert-OH is 1. The van der Waals surface area contributed by atoms with E-state index in [1.807, 2.05) is 20.8 Å². The lowest BCUT2D eigenvalue weighted by molar-refractivity contribution is 0.0718. The maximum absolute atomic E-state index is 12.3. The number of rotatable bonds is 2. The second kappa shape index (κ2) is 5.59. The molecule has 2 atom stereocenters. The lowest BCUT2D eigenvalue weighted by Gasteiger charge is -2.28. The maximum Gasteiger partial charge on any atom is 0.263 e. The van der Waals surface area contributed by atoms with Crippen molar-refractivity contribution in [3.05, 3.63) is 16.1 Å². The number of thiazole rings is 1. The smallest absolute Gasteiger partial charge is 0.263 e. The molecule has 0 aliphatic heterocycles. The van der Waals surface area contributed by atoms with Gasteiger partial charge in [0.05, 0.1) is 23.4 Å². The highest BCUT2D eigenvalue weighted by atomic mass is 32.1. The molecule has 1 aromatic heterocycles. The molecule has 106 valence electrons. The number of carbonyl (C=O) groups is 1. The van der Waals surface area contributed by atoms with Gasteiger partial charge < -0.3 is 10.4 Å². The molecule has 1 heterocycles. The van der Waals surface area contributed by atoms with E-state index in [0.29, 0.717) is 4.88 Å². The molecular formula is C14H22N2O2S. The summed E-state index contributed by atoms with van der Waals surface area (Å²) in [5, 5.41) is 12.9. The molecule has 2 unspecified atom stereocenters. The average molecular weight is 282 g/mol. The van der Waals surface area contributed by atoms with Crippen LogP contribution in [-0.4, -0.2) is 28.1 Å². The fourth-order valence-corrected chi connectivity index (χ4v) is 3.36. The monoisotopic (exact) mass is 282 g/mol. The number of aliphatic hydroxyl groups is 1. The average Bonchev–Trinajstić information content (AvgIpc) is 2.81. The largest absolute Gasteiger partial charge is 0.391 e. The molecule has 1 saturated carbocycles. The Bertz CT molecular complexity index is 451. The molecule has 0 spiro atoms. The van der Waals surface area contributed by atoms with Crippen LogP contribution in [0.1, 0.15) is 61.8 Å². The van der Waals surface area contributed by atoms with Gasteiger partial charge in [-0.05, 0) is 12.8 Å². The Morgan fingerprint density at radius 1 is 1.42 bits per heavy atom. The van der Waals surface area contributed by atoms with Crippen molar-refractivity contribution in [1.29, 1.82) is 0 Å². The fourth-order valence-electron chi connectivity index (χ4n) is 2.46. The molecule has 1 aromatic rings.